The Morgan fingerprint density at radius 1 is 0.941 bits per heavy atom. The Labute approximate surface area is 94.6 Å². The number of nitrogens with zero attached hydrogens (tertiary/aromatic N) is 2. The predicted molar refractivity (Wildman–Crippen MR) is 54.2 cm³/mol. The van der Waals surface area contributed by atoms with E-state index in [-0.39, 0.29) is 0 Å². The predicted octanol–water partition coefficient (Wildman–Crippen LogP) is 2.26. The molecule has 0 unspecified atom stereocenters. The van der Waals surface area contributed by atoms with Crippen LogP contribution >= 0.6 is 0 Å². The molecule has 0 radical (unpaired) electrons. The molecule has 0 amide bonds. The maximum atomic E-state index is 9.75. The van der Waals surface area contributed by atoms with Crippen LogP contribution in [0.1, 0.15) is 0 Å². The van der Waals surface area contributed by atoms with Crippen molar-refractivity contribution in [2.75, 3.05) is 0 Å². The third-order valence-corrected chi connectivity index (χ3v) is 1.60. The van der Waals surface area contributed by atoms with Crippen LogP contribution in [-0.2, 0) is 0 Å². The molecule has 1 aromatic heterocycles. The molecule has 1 N–H and O–H groups in total. The number of halogens is 4. The van der Waals surface area contributed by atoms with Gasteiger partial charge in [-0.05, 0) is 0 Å². The lowest BCUT2D eigenvalue weighted by Gasteiger charge is -1.94. The second kappa shape index (κ2) is 5.93. The largest absolute Gasteiger partial charge is 0.673 e. The number of nitrogens with one attached hydrogen (secondary N) is 1. The molecule has 0 spiro atoms. The second-order valence-corrected chi connectivity index (χ2v) is 2.91. The second-order valence-electron chi connectivity index (χ2n) is 2.91. The molecule has 0 aliphatic rings. The summed E-state index contributed by atoms with van der Waals surface area (Å²) in [6, 6.07) is 11.8. The summed E-state index contributed by atoms with van der Waals surface area (Å²) < 4.78 is 39.0. The topological polar surface area (TPSA) is 39.9 Å². The van der Waals surface area contributed by atoms with Gasteiger partial charge in [0, 0.05) is 11.6 Å². The number of H-pyrrole nitrogens is 1. The van der Waals surface area contributed by atoms with Gasteiger partial charge < -0.3 is 17.3 Å². The maximum absolute atomic E-state index is 9.75. The van der Waals surface area contributed by atoms with E-state index in [0.29, 0.717) is 0 Å². The summed E-state index contributed by atoms with van der Waals surface area (Å²) in [7, 11) is -6.00. The first kappa shape index (κ1) is 13.1. The quantitative estimate of drug-likeness (QED) is 0.571. The molecular weight excluding hydrogens is 237 g/mol. The highest BCUT2D eigenvalue weighted by Gasteiger charge is 2.20. The fourth-order valence-electron chi connectivity index (χ4n) is 1.03. The van der Waals surface area contributed by atoms with Gasteiger partial charge in [0.05, 0.1) is 5.10 Å². The molecule has 0 saturated carbocycles. The van der Waals surface area contributed by atoms with Gasteiger partial charge in [-0.1, -0.05) is 30.3 Å². The maximum Gasteiger partial charge on any atom is 0.673 e. The van der Waals surface area contributed by atoms with E-state index in [0.717, 1.165) is 11.3 Å². The van der Waals surface area contributed by atoms with E-state index in [1.807, 2.05) is 36.4 Å². The zero-order valence-electron chi connectivity index (χ0n) is 8.53. The molecule has 90 valence electrons. The third kappa shape index (κ3) is 6.23. The Bertz CT molecular complexity index is 391. The molecule has 17 heavy (non-hydrogen) atoms. The normalized spacial score (nSPS) is 10.4. The number of hydrogen-bond acceptors (Lipinski definition) is 2. The van der Waals surface area contributed by atoms with Gasteiger partial charge in [0.2, 0.25) is 5.69 Å². The summed E-state index contributed by atoms with van der Waals surface area (Å²) in [5, 5.41) is 10.3. The molecule has 0 atom stereocenters. The average Bonchev–Trinajstić information content (AvgIpc) is 2.29. The number of aromatic nitrogens is 3. The minimum Gasteiger partial charge on any atom is -0.418 e. The van der Waals surface area contributed by atoms with E-state index >= 15 is 0 Å². The van der Waals surface area contributed by atoms with Crippen molar-refractivity contribution < 1.29 is 22.4 Å². The Morgan fingerprint density at radius 3 is 2.00 bits per heavy atom. The van der Waals surface area contributed by atoms with Crippen molar-refractivity contribution in [3.8, 4) is 11.3 Å². The van der Waals surface area contributed by atoms with Crippen molar-refractivity contribution in [3.05, 3.63) is 42.6 Å². The molecule has 8 heteroatoms. The highest BCUT2D eigenvalue weighted by atomic mass is 19.5. The smallest absolute Gasteiger partial charge is 0.418 e. The van der Waals surface area contributed by atoms with Crippen molar-refractivity contribution in [1.82, 2.24) is 10.3 Å². The lowest BCUT2D eigenvalue weighted by atomic mass is 10.2. The molecule has 0 bridgehead atoms. The van der Waals surface area contributed by atoms with Crippen LogP contribution in [-0.4, -0.2) is 17.6 Å². The first-order valence-corrected chi connectivity index (χ1v) is 4.59. The van der Waals surface area contributed by atoms with E-state index in [1.54, 1.807) is 6.20 Å². The fraction of sp³-hybridized carbons (Fsp3) is 0. The van der Waals surface area contributed by atoms with Crippen LogP contribution in [0.25, 0.3) is 11.3 Å². The Kier molecular flexibility index (Phi) is 4.56. The molecule has 0 aliphatic heterocycles. The van der Waals surface area contributed by atoms with Gasteiger partial charge in [-0.15, -0.1) is 0 Å². The van der Waals surface area contributed by atoms with Crippen LogP contribution < -0.4 is 5.10 Å². The highest BCUT2D eigenvalue weighted by molar-refractivity contribution is 6.50. The molecular formula is C9H8BF4N3. The average molecular weight is 245 g/mol. The van der Waals surface area contributed by atoms with Crippen molar-refractivity contribution in [3.63, 3.8) is 0 Å². The molecule has 0 saturated heterocycles. The van der Waals surface area contributed by atoms with E-state index in [1.165, 1.54) is 0 Å². The molecule has 2 rings (SSSR count). The third-order valence-electron chi connectivity index (χ3n) is 1.60. The van der Waals surface area contributed by atoms with Crippen LogP contribution in [0.2, 0.25) is 0 Å². The van der Waals surface area contributed by atoms with Crippen molar-refractivity contribution in [1.29, 1.82) is 0 Å². The minimum atomic E-state index is -6.00. The fourth-order valence-corrected chi connectivity index (χ4v) is 1.03. The van der Waals surface area contributed by atoms with Gasteiger partial charge in [0.1, 0.15) is 11.4 Å². The van der Waals surface area contributed by atoms with Crippen LogP contribution in [0.15, 0.2) is 42.6 Å². The number of rotatable bonds is 1. The minimum absolute atomic E-state index is 0.884. The summed E-state index contributed by atoms with van der Waals surface area (Å²) >= 11 is 0. The first-order valence-electron chi connectivity index (χ1n) is 4.59. The number of hydrogen-bond donors (Lipinski definition) is 0. The van der Waals surface area contributed by atoms with Crippen molar-refractivity contribution in [2.45, 2.75) is 0 Å². The summed E-state index contributed by atoms with van der Waals surface area (Å²) in [5.41, 5.74) is 1.97. The van der Waals surface area contributed by atoms with Crippen LogP contribution in [0.3, 0.4) is 0 Å². The van der Waals surface area contributed by atoms with Crippen molar-refractivity contribution >= 4 is 7.25 Å². The van der Waals surface area contributed by atoms with E-state index in [9.17, 15) is 17.3 Å². The van der Waals surface area contributed by atoms with Crippen molar-refractivity contribution in [2.24, 2.45) is 0 Å². The van der Waals surface area contributed by atoms with Gasteiger partial charge in [-0.3, -0.25) is 0 Å². The van der Waals surface area contributed by atoms with Gasteiger partial charge in [0.25, 0.3) is 0 Å². The van der Waals surface area contributed by atoms with Gasteiger partial charge in [-0.25, -0.2) is 0 Å². The van der Waals surface area contributed by atoms with Crippen LogP contribution in [0, 0.1) is 0 Å². The van der Waals surface area contributed by atoms with Gasteiger partial charge in [-0.2, -0.15) is 5.10 Å². The summed E-state index contributed by atoms with van der Waals surface area (Å²) in [6.45, 7) is 0. The van der Waals surface area contributed by atoms with E-state index in [4.69, 9.17) is 0 Å². The molecule has 2 aromatic rings. The monoisotopic (exact) mass is 245 g/mol. The summed E-state index contributed by atoms with van der Waals surface area (Å²) in [6.07, 6.45) is 1.76. The number of benzene rings is 1. The summed E-state index contributed by atoms with van der Waals surface area (Å²) in [5.74, 6) is 0. The zero-order valence-corrected chi connectivity index (χ0v) is 8.53. The Hall–Kier alpha value is -1.99. The highest BCUT2D eigenvalue weighted by Crippen LogP contribution is 2.12. The Balaban J connectivity index is 0.000000249. The lowest BCUT2D eigenvalue weighted by molar-refractivity contribution is -0.463. The van der Waals surface area contributed by atoms with E-state index < -0.39 is 7.25 Å². The molecule has 3 nitrogen and oxygen atoms in total. The van der Waals surface area contributed by atoms with Crippen LogP contribution in [0.4, 0.5) is 17.3 Å². The Morgan fingerprint density at radius 2 is 1.53 bits per heavy atom. The number of aromatic amines is 1. The van der Waals surface area contributed by atoms with Gasteiger partial charge in [0.15, 0.2) is 0 Å². The standard InChI is InChI=1S/C9H7N3.BF4/c1-2-4-8(5-3-1)9-6-7-10-12-11-9;2-1(3,4)5/h1-7H;/q;-1/p+1. The van der Waals surface area contributed by atoms with Crippen LogP contribution in [0.5, 0.6) is 0 Å². The van der Waals surface area contributed by atoms with E-state index in [2.05, 4.69) is 15.4 Å². The summed E-state index contributed by atoms with van der Waals surface area (Å²) in [4.78, 5) is 0. The zero-order chi connectivity index (χ0) is 12.7. The van der Waals surface area contributed by atoms with Gasteiger partial charge >= 0.3 is 7.25 Å². The molecule has 1 heterocycles. The lowest BCUT2D eigenvalue weighted by Crippen LogP contribution is -2.08. The first-order chi connectivity index (χ1) is 7.97. The molecule has 0 fully saturated rings. The molecule has 1 aromatic carbocycles. The molecule has 0 aliphatic carbocycles. The SMILES string of the molecule is F[B-](F)(F)F.c1ccc(-c2cc[nH+]nn2)cc1.